The second-order valence-corrected chi connectivity index (χ2v) is 15.8. The van der Waals surface area contributed by atoms with Crippen LogP contribution < -0.4 is 0 Å². The molecule has 0 spiro atoms. The Kier molecular flexibility index (Phi) is 7.57. The molecule has 0 saturated carbocycles. The Labute approximate surface area is 318 Å². The average Bonchev–Trinajstić information content (AvgIpc) is 3.77. The summed E-state index contributed by atoms with van der Waals surface area (Å²) >= 11 is 1.89. The smallest absolute Gasteiger partial charge is 0.160 e. The van der Waals surface area contributed by atoms with Crippen LogP contribution in [0.3, 0.4) is 0 Å². The first kappa shape index (κ1) is 32.3. The molecule has 54 heavy (non-hydrogen) atoms. The standard InChI is InChI=1S/C50H37N3S/c1-32-17-7-6-16-30-50(2,3)46-43(32)48-45(38-23-13-15-25-42(38)54-48)44-37-22-12-14-24-41(37)53(47(44)46)36-28-26-35(27-29-36)49-51-39(33-18-8-4-9-19-33)31-40(52-49)34-20-10-5-11-21-34/h4-29,31H,1,30H2,2-3H3/b16-6-,17-7-. The third kappa shape index (κ3) is 5.17. The fourth-order valence-corrected chi connectivity index (χ4v) is 9.61. The Hall–Kier alpha value is -6.36. The molecule has 0 fully saturated rings. The predicted octanol–water partition coefficient (Wildman–Crippen LogP) is 13.7. The zero-order chi connectivity index (χ0) is 36.4. The Morgan fingerprint density at radius 2 is 1.28 bits per heavy atom. The fraction of sp³-hybridized carbons (Fsp3) is 0.0800. The summed E-state index contributed by atoms with van der Waals surface area (Å²) < 4.78 is 5.10. The molecule has 3 nitrogen and oxygen atoms in total. The summed E-state index contributed by atoms with van der Waals surface area (Å²) in [6, 6.07) is 49.4. The van der Waals surface area contributed by atoms with Crippen molar-refractivity contribution in [2.75, 3.05) is 0 Å². The quantitative estimate of drug-likeness (QED) is 0.182. The summed E-state index contributed by atoms with van der Waals surface area (Å²) in [7, 11) is 0. The van der Waals surface area contributed by atoms with Crippen LogP contribution in [0.2, 0.25) is 0 Å². The molecule has 0 radical (unpaired) electrons. The van der Waals surface area contributed by atoms with Crippen LogP contribution in [0.5, 0.6) is 0 Å². The number of aromatic nitrogens is 3. The van der Waals surface area contributed by atoms with Crippen molar-refractivity contribution in [2.45, 2.75) is 25.7 Å². The molecular weight excluding hydrogens is 675 g/mol. The Balaban J connectivity index is 1.25. The zero-order valence-corrected chi connectivity index (χ0v) is 31.1. The van der Waals surface area contributed by atoms with Crippen LogP contribution in [0.25, 0.3) is 87.1 Å². The second-order valence-electron chi connectivity index (χ2n) is 14.8. The first-order valence-electron chi connectivity index (χ1n) is 18.5. The molecule has 6 aromatic carbocycles. The summed E-state index contributed by atoms with van der Waals surface area (Å²) in [6.45, 7) is 9.49. The van der Waals surface area contributed by atoms with E-state index in [0.29, 0.717) is 5.82 Å². The van der Waals surface area contributed by atoms with Crippen LogP contribution in [-0.2, 0) is 5.41 Å². The maximum atomic E-state index is 5.12. The molecule has 0 atom stereocenters. The molecule has 0 amide bonds. The molecule has 9 aromatic rings. The van der Waals surface area contributed by atoms with E-state index in [1.54, 1.807) is 0 Å². The van der Waals surface area contributed by atoms with Gasteiger partial charge in [-0.3, -0.25) is 0 Å². The van der Waals surface area contributed by atoms with E-state index < -0.39 is 0 Å². The first-order chi connectivity index (χ1) is 26.5. The maximum absolute atomic E-state index is 5.12. The van der Waals surface area contributed by atoms with Crippen LogP contribution in [0.1, 0.15) is 31.4 Å². The summed E-state index contributed by atoms with van der Waals surface area (Å²) in [5, 5.41) is 5.17. The Morgan fingerprint density at radius 1 is 0.648 bits per heavy atom. The summed E-state index contributed by atoms with van der Waals surface area (Å²) in [5.41, 5.74) is 11.9. The van der Waals surface area contributed by atoms with Crippen LogP contribution >= 0.6 is 11.3 Å². The molecule has 3 heterocycles. The average molecular weight is 712 g/mol. The molecule has 0 bridgehead atoms. The van der Waals surface area contributed by atoms with E-state index in [1.165, 1.54) is 53.1 Å². The maximum Gasteiger partial charge on any atom is 0.160 e. The lowest BCUT2D eigenvalue weighted by Gasteiger charge is -2.29. The zero-order valence-electron chi connectivity index (χ0n) is 30.3. The highest BCUT2D eigenvalue weighted by molar-refractivity contribution is 7.26. The van der Waals surface area contributed by atoms with E-state index in [4.69, 9.17) is 16.5 Å². The van der Waals surface area contributed by atoms with Gasteiger partial charge in [0.15, 0.2) is 5.82 Å². The third-order valence-electron chi connectivity index (χ3n) is 10.9. The monoisotopic (exact) mass is 711 g/mol. The summed E-state index contributed by atoms with van der Waals surface area (Å²) in [4.78, 5) is 10.2. The van der Waals surface area contributed by atoms with Crippen molar-refractivity contribution in [1.82, 2.24) is 14.5 Å². The van der Waals surface area contributed by atoms with Gasteiger partial charge in [-0.25, -0.2) is 9.97 Å². The van der Waals surface area contributed by atoms with Crippen molar-refractivity contribution in [3.63, 3.8) is 0 Å². The molecule has 4 heteroatoms. The molecule has 0 N–H and O–H groups in total. The molecule has 3 aromatic heterocycles. The minimum Gasteiger partial charge on any atom is -0.309 e. The largest absolute Gasteiger partial charge is 0.309 e. The van der Waals surface area contributed by atoms with Gasteiger partial charge in [-0.1, -0.05) is 142 Å². The molecule has 10 rings (SSSR count). The van der Waals surface area contributed by atoms with Gasteiger partial charge in [0.1, 0.15) is 0 Å². The van der Waals surface area contributed by atoms with Gasteiger partial charge in [-0.15, -0.1) is 11.3 Å². The van der Waals surface area contributed by atoms with E-state index in [1.807, 2.05) is 23.5 Å². The minimum atomic E-state index is -0.185. The van der Waals surface area contributed by atoms with Crippen LogP contribution in [0, 0.1) is 0 Å². The second kappa shape index (κ2) is 12.6. The lowest BCUT2D eigenvalue weighted by atomic mass is 9.76. The molecular formula is C50H37N3S. The molecule has 0 unspecified atom stereocenters. The van der Waals surface area contributed by atoms with Gasteiger partial charge in [-0.2, -0.15) is 0 Å². The number of para-hydroxylation sites is 1. The number of benzene rings is 6. The molecule has 0 aliphatic heterocycles. The fourth-order valence-electron chi connectivity index (χ4n) is 8.31. The minimum absolute atomic E-state index is 0.185. The van der Waals surface area contributed by atoms with Crippen molar-refractivity contribution in [2.24, 2.45) is 0 Å². The van der Waals surface area contributed by atoms with Gasteiger partial charge < -0.3 is 4.57 Å². The van der Waals surface area contributed by atoms with Gasteiger partial charge in [0, 0.05) is 58.9 Å². The van der Waals surface area contributed by atoms with Gasteiger partial charge in [0.05, 0.1) is 22.4 Å². The van der Waals surface area contributed by atoms with Crippen molar-refractivity contribution in [3.8, 4) is 39.6 Å². The number of hydrogen-bond donors (Lipinski definition) is 0. The predicted molar refractivity (Wildman–Crippen MR) is 231 cm³/mol. The van der Waals surface area contributed by atoms with Gasteiger partial charge in [0.25, 0.3) is 0 Å². The molecule has 258 valence electrons. The lowest BCUT2D eigenvalue weighted by Crippen LogP contribution is -2.20. The van der Waals surface area contributed by atoms with Crippen molar-refractivity contribution < 1.29 is 0 Å². The Morgan fingerprint density at radius 3 is 1.98 bits per heavy atom. The number of nitrogens with zero attached hydrogens (tertiary/aromatic N) is 3. The van der Waals surface area contributed by atoms with E-state index in [2.05, 4.69) is 170 Å². The highest BCUT2D eigenvalue weighted by atomic mass is 32.1. The van der Waals surface area contributed by atoms with Gasteiger partial charge >= 0.3 is 0 Å². The van der Waals surface area contributed by atoms with Gasteiger partial charge in [0.2, 0.25) is 0 Å². The number of fused-ring (bicyclic) bond motifs is 10. The lowest BCUT2D eigenvalue weighted by molar-refractivity contribution is 0.537. The van der Waals surface area contributed by atoms with E-state index in [-0.39, 0.29) is 5.41 Å². The van der Waals surface area contributed by atoms with Crippen LogP contribution in [0.4, 0.5) is 0 Å². The normalized spacial score (nSPS) is 15.3. The van der Waals surface area contributed by atoms with Gasteiger partial charge in [-0.05, 0) is 65.4 Å². The van der Waals surface area contributed by atoms with Crippen molar-refractivity contribution in [1.29, 1.82) is 0 Å². The first-order valence-corrected chi connectivity index (χ1v) is 19.3. The van der Waals surface area contributed by atoms with E-state index >= 15 is 0 Å². The van der Waals surface area contributed by atoms with Crippen LogP contribution in [-0.4, -0.2) is 14.5 Å². The third-order valence-corrected chi connectivity index (χ3v) is 12.0. The Bertz CT molecular complexity index is 2920. The number of thiophene rings is 1. The highest BCUT2D eigenvalue weighted by Crippen LogP contribution is 2.52. The number of hydrogen-bond acceptors (Lipinski definition) is 3. The SMILES string of the molecule is C=C1/C=C\C=C/CC(C)(C)c2c1c1sc3ccccc3c1c1c3ccccc3n(-c3ccc(-c4nc(-c5ccccc5)cc(-c5ccccc5)n4)cc3)c21. The number of rotatable bonds is 4. The highest BCUT2D eigenvalue weighted by Gasteiger charge is 2.33. The number of allylic oxidation sites excluding steroid dienone is 5. The summed E-state index contributed by atoms with van der Waals surface area (Å²) in [5.74, 6) is 0.702. The van der Waals surface area contributed by atoms with Crippen molar-refractivity contribution in [3.05, 3.63) is 182 Å². The summed E-state index contributed by atoms with van der Waals surface area (Å²) in [6.07, 6.45) is 9.70. The van der Waals surface area contributed by atoms with E-state index in [9.17, 15) is 0 Å². The van der Waals surface area contributed by atoms with E-state index in [0.717, 1.165) is 45.8 Å². The van der Waals surface area contributed by atoms with Crippen LogP contribution in [0.15, 0.2) is 170 Å². The molecule has 1 aliphatic rings. The van der Waals surface area contributed by atoms with Crippen molar-refractivity contribution >= 4 is 58.9 Å². The molecule has 1 aliphatic carbocycles. The topological polar surface area (TPSA) is 30.7 Å². The molecule has 0 saturated heterocycles.